The first-order valence-electron chi connectivity index (χ1n) is 6.18. The number of nitrogens with one attached hydrogen (secondary N) is 1. The van der Waals surface area contributed by atoms with Gasteiger partial charge in [-0.15, -0.1) is 0 Å². The third kappa shape index (κ3) is 3.50. The summed E-state index contributed by atoms with van der Waals surface area (Å²) in [7, 11) is 0. The summed E-state index contributed by atoms with van der Waals surface area (Å²) in [5, 5.41) is 23.2. The lowest BCUT2D eigenvalue weighted by Crippen LogP contribution is -2.29. The maximum absolute atomic E-state index is 10.0. The first-order valence-corrected chi connectivity index (χ1v) is 8.49. The van der Waals surface area contributed by atoms with Gasteiger partial charge < -0.3 is 15.5 Å². The van der Waals surface area contributed by atoms with Gasteiger partial charge in [-0.05, 0) is 54.5 Å². The molecule has 1 saturated carbocycles. The Kier molecular flexibility index (Phi) is 5.27. The maximum Gasteiger partial charge on any atom is 0.189 e. The van der Waals surface area contributed by atoms with Crippen LogP contribution in [0.3, 0.4) is 0 Å². The third-order valence-corrected chi connectivity index (χ3v) is 5.23. The van der Waals surface area contributed by atoms with E-state index in [0.29, 0.717) is 6.42 Å². The van der Waals surface area contributed by atoms with E-state index in [1.54, 1.807) is 0 Å². The Morgan fingerprint density at radius 3 is 2.74 bits per heavy atom. The average Bonchev–Trinajstić information content (AvgIpc) is 2.75. The summed E-state index contributed by atoms with van der Waals surface area (Å²) in [6, 6.07) is -0.0466. The summed E-state index contributed by atoms with van der Waals surface area (Å²) < 4.78 is 0.982. The Labute approximate surface area is 130 Å². The van der Waals surface area contributed by atoms with Gasteiger partial charge in [0.25, 0.3) is 0 Å². The summed E-state index contributed by atoms with van der Waals surface area (Å²) in [4.78, 5) is 8.84. The number of thioether (sulfide) groups is 1. The molecule has 1 heterocycles. The molecule has 19 heavy (non-hydrogen) atoms. The number of anilines is 1. The van der Waals surface area contributed by atoms with Gasteiger partial charge in [-0.2, -0.15) is 0 Å². The molecule has 1 aliphatic carbocycles. The van der Waals surface area contributed by atoms with Crippen molar-refractivity contribution < 1.29 is 10.2 Å². The average molecular weight is 395 g/mol. The van der Waals surface area contributed by atoms with Crippen molar-refractivity contribution in [2.45, 2.75) is 37.1 Å². The van der Waals surface area contributed by atoms with Crippen LogP contribution in [-0.4, -0.2) is 45.2 Å². The highest BCUT2D eigenvalue weighted by molar-refractivity contribution is 14.1. The van der Waals surface area contributed by atoms with Gasteiger partial charge in [0, 0.05) is 6.61 Å². The number of rotatable bonds is 4. The molecule has 1 aliphatic rings. The predicted molar refractivity (Wildman–Crippen MR) is 84.5 cm³/mol. The van der Waals surface area contributed by atoms with E-state index in [0.717, 1.165) is 26.7 Å². The minimum absolute atomic E-state index is 0.0466. The van der Waals surface area contributed by atoms with E-state index in [1.165, 1.54) is 11.8 Å². The Hall–Kier alpha value is -0.120. The molecule has 1 fully saturated rings. The number of halogens is 1. The summed E-state index contributed by atoms with van der Waals surface area (Å²) in [5.74, 6) is 0.952. The molecule has 106 valence electrons. The zero-order chi connectivity index (χ0) is 14.0. The standard InChI is InChI=1S/C12H18IN3O2S/c1-6-10(13)11(16-12(14-6)19-2)15-8-3-7(5-17)4-9(8)18/h7-9,17-18H,3-5H2,1-2H3,(H,14,15,16)/t7-,8+,9+/m0/s1. The summed E-state index contributed by atoms with van der Waals surface area (Å²) in [5.41, 5.74) is 0.939. The van der Waals surface area contributed by atoms with Crippen LogP contribution in [0, 0.1) is 16.4 Å². The Bertz CT molecular complexity index is 461. The molecule has 5 nitrogen and oxygen atoms in total. The van der Waals surface area contributed by atoms with Gasteiger partial charge in [-0.1, -0.05) is 11.8 Å². The van der Waals surface area contributed by atoms with Crippen molar-refractivity contribution in [2.75, 3.05) is 18.2 Å². The van der Waals surface area contributed by atoms with E-state index in [-0.39, 0.29) is 18.6 Å². The summed E-state index contributed by atoms with van der Waals surface area (Å²) >= 11 is 3.72. The molecule has 3 N–H and O–H groups in total. The van der Waals surface area contributed by atoms with Crippen LogP contribution in [0.2, 0.25) is 0 Å². The minimum atomic E-state index is -0.430. The van der Waals surface area contributed by atoms with Gasteiger partial charge >= 0.3 is 0 Å². The molecule has 0 bridgehead atoms. The van der Waals surface area contributed by atoms with E-state index in [4.69, 9.17) is 0 Å². The van der Waals surface area contributed by atoms with Crippen LogP contribution in [0.5, 0.6) is 0 Å². The van der Waals surface area contributed by atoms with Crippen LogP contribution in [0.1, 0.15) is 18.5 Å². The number of nitrogens with zero attached hydrogens (tertiary/aromatic N) is 2. The van der Waals surface area contributed by atoms with Crippen molar-refractivity contribution in [3.05, 3.63) is 9.26 Å². The van der Waals surface area contributed by atoms with Crippen molar-refractivity contribution in [1.29, 1.82) is 0 Å². The van der Waals surface area contributed by atoms with Gasteiger partial charge in [-0.3, -0.25) is 0 Å². The van der Waals surface area contributed by atoms with Crippen molar-refractivity contribution >= 4 is 40.2 Å². The van der Waals surface area contributed by atoms with E-state index in [9.17, 15) is 10.2 Å². The molecule has 3 atom stereocenters. The third-order valence-electron chi connectivity index (χ3n) is 3.39. The molecule has 2 rings (SSSR count). The van der Waals surface area contributed by atoms with Crippen molar-refractivity contribution in [1.82, 2.24) is 9.97 Å². The minimum Gasteiger partial charge on any atom is -0.396 e. The molecule has 7 heteroatoms. The smallest absolute Gasteiger partial charge is 0.189 e. The quantitative estimate of drug-likeness (QED) is 0.409. The molecule has 1 aromatic heterocycles. The molecule has 0 unspecified atom stereocenters. The highest BCUT2D eigenvalue weighted by atomic mass is 127. The lowest BCUT2D eigenvalue weighted by Gasteiger charge is -2.19. The fourth-order valence-electron chi connectivity index (χ4n) is 2.32. The molecule has 0 aromatic carbocycles. The SMILES string of the molecule is CSc1nc(C)c(I)c(N[C@@H]2C[C@H](CO)C[C@H]2O)n1. The number of hydrogen-bond donors (Lipinski definition) is 3. The maximum atomic E-state index is 10.0. The lowest BCUT2D eigenvalue weighted by atomic mass is 10.1. The Balaban J connectivity index is 2.17. The number of aryl methyl sites for hydroxylation is 1. The summed E-state index contributed by atoms with van der Waals surface area (Å²) in [6.45, 7) is 2.08. The van der Waals surface area contributed by atoms with Crippen LogP contribution in [0.4, 0.5) is 5.82 Å². The number of aliphatic hydroxyl groups is 2. The monoisotopic (exact) mass is 395 g/mol. The van der Waals surface area contributed by atoms with Crippen LogP contribution >= 0.6 is 34.4 Å². The van der Waals surface area contributed by atoms with Crippen LogP contribution in [0.25, 0.3) is 0 Å². The van der Waals surface area contributed by atoms with Gasteiger partial charge in [0.15, 0.2) is 5.16 Å². The fourth-order valence-corrected chi connectivity index (χ4v) is 3.13. The largest absolute Gasteiger partial charge is 0.396 e. The lowest BCUT2D eigenvalue weighted by molar-refractivity contribution is 0.157. The van der Waals surface area contributed by atoms with Crippen LogP contribution < -0.4 is 5.32 Å². The predicted octanol–water partition coefficient (Wildman–Crippen LogP) is 1.66. The molecular weight excluding hydrogens is 377 g/mol. The van der Waals surface area contributed by atoms with Crippen molar-refractivity contribution in [3.63, 3.8) is 0 Å². The zero-order valence-corrected chi connectivity index (χ0v) is 13.9. The molecule has 1 aromatic rings. The second kappa shape index (κ2) is 6.55. The first kappa shape index (κ1) is 15.3. The van der Waals surface area contributed by atoms with Gasteiger partial charge in [-0.25, -0.2) is 9.97 Å². The number of hydrogen-bond acceptors (Lipinski definition) is 6. The van der Waals surface area contributed by atoms with Gasteiger partial charge in [0.1, 0.15) is 5.82 Å². The van der Waals surface area contributed by atoms with Crippen LogP contribution in [-0.2, 0) is 0 Å². The second-order valence-corrected chi connectivity index (χ2v) is 6.65. The Morgan fingerprint density at radius 2 is 2.16 bits per heavy atom. The molecule has 0 spiro atoms. The topological polar surface area (TPSA) is 78.3 Å². The van der Waals surface area contributed by atoms with E-state index >= 15 is 0 Å². The van der Waals surface area contributed by atoms with E-state index in [1.807, 2.05) is 13.2 Å². The van der Waals surface area contributed by atoms with E-state index in [2.05, 4.69) is 37.9 Å². The summed E-state index contributed by atoms with van der Waals surface area (Å²) in [6.07, 6.45) is 2.92. The second-order valence-electron chi connectivity index (χ2n) is 4.80. The molecule has 0 aliphatic heterocycles. The highest BCUT2D eigenvalue weighted by Gasteiger charge is 2.33. The molecule has 0 saturated heterocycles. The Morgan fingerprint density at radius 1 is 1.42 bits per heavy atom. The van der Waals surface area contributed by atoms with E-state index < -0.39 is 6.10 Å². The number of aliphatic hydroxyl groups excluding tert-OH is 2. The normalized spacial score (nSPS) is 26.7. The first-order chi connectivity index (χ1) is 9.05. The van der Waals surface area contributed by atoms with Gasteiger partial charge in [0.2, 0.25) is 0 Å². The molecule has 0 radical (unpaired) electrons. The van der Waals surface area contributed by atoms with Crippen LogP contribution in [0.15, 0.2) is 5.16 Å². The zero-order valence-electron chi connectivity index (χ0n) is 10.9. The fraction of sp³-hybridized carbons (Fsp3) is 0.667. The highest BCUT2D eigenvalue weighted by Crippen LogP contribution is 2.30. The molecule has 0 amide bonds. The van der Waals surface area contributed by atoms with Gasteiger partial charge in [0.05, 0.1) is 21.4 Å². The van der Waals surface area contributed by atoms with Crippen molar-refractivity contribution in [3.8, 4) is 0 Å². The molecular formula is C12H18IN3O2S. The number of aromatic nitrogens is 2. The van der Waals surface area contributed by atoms with Crippen molar-refractivity contribution in [2.24, 2.45) is 5.92 Å².